The average Bonchev–Trinajstić information content (AvgIpc) is 2.70. The van der Waals surface area contributed by atoms with Gasteiger partial charge in [0.1, 0.15) is 17.7 Å². The fourth-order valence-electron chi connectivity index (χ4n) is 3.02. The molecule has 0 aliphatic rings. The van der Waals surface area contributed by atoms with E-state index in [9.17, 15) is 19.2 Å². The van der Waals surface area contributed by atoms with Crippen LogP contribution in [0.25, 0.3) is 0 Å². The van der Waals surface area contributed by atoms with E-state index in [-0.39, 0.29) is 25.3 Å². The standard InChI is InChI=1S/C23H35N3O6S/c1-7-31-18(27)11-12-24-20(28)19(16-10-8-9-15(2)13-16)26(6)21(29)17(14-33)25-22(30)32-23(3,4)5/h8-10,13,17,19,33H,7,11-12,14H2,1-6H3,(H,24,28)(H,25,30). The third kappa shape index (κ3) is 9.73. The van der Waals surface area contributed by atoms with Gasteiger partial charge in [0.25, 0.3) is 0 Å². The Morgan fingerprint density at radius 2 is 1.85 bits per heavy atom. The number of carbonyl (C=O) groups is 4. The first-order chi connectivity index (χ1) is 15.4. The van der Waals surface area contributed by atoms with Gasteiger partial charge in [-0.1, -0.05) is 29.8 Å². The Balaban J connectivity index is 3.05. The lowest BCUT2D eigenvalue weighted by Crippen LogP contribution is -2.52. The number of likely N-dealkylation sites (N-methyl/N-ethyl adjacent to an activating group) is 1. The van der Waals surface area contributed by atoms with Gasteiger partial charge in [-0.25, -0.2) is 4.79 Å². The zero-order chi connectivity index (χ0) is 25.2. The van der Waals surface area contributed by atoms with Crippen LogP contribution in [0.2, 0.25) is 0 Å². The Kier molecular flexibility index (Phi) is 11.2. The SMILES string of the molecule is CCOC(=O)CCNC(=O)C(c1cccc(C)c1)N(C)C(=O)C(CS)NC(=O)OC(C)(C)C. The van der Waals surface area contributed by atoms with Crippen LogP contribution in [0.1, 0.15) is 51.3 Å². The Morgan fingerprint density at radius 1 is 1.18 bits per heavy atom. The van der Waals surface area contributed by atoms with Crippen molar-refractivity contribution in [2.45, 2.75) is 58.7 Å². The third-order valence-corrected chi connectivity index (χ3v) is 4.81. The van der Waals surface area contributed by atoms with Crippen molar-refractivity contribution in [2.75, 3.05) is 26.0 Å². The zero-order valence-corrected chi connectivity index (χ0v) is 21.0. The van der Waals surface area contributed by atoms with E-state index in [0.29, 0.717) is 5.56 Å². The van der Waals surface area contributed by atoms with Gasteiger partial charge in [-0.05, 0) is 40.2 Å². The summed E-state index contributed by atoms with van der Waals surface area (Å²) in [7, 11) is 1.48. The van der Waals surface area contributed by atoms with Crippen LogP contribution in [-0.4, -0.2) is 66.4 Å². The highest BCUT2D eigenvalue weighted by molar-refractivity contribution is 7.80. The highest BCUT2D eigenvalue weighted by Crippen LogP contribution is 2.22. The molecule has 0 saturated heterocycles. The number of amides is 3. The molecule has 0 aliphatic heterocycles. The number of alkyl carbamates (subject to hydrolysis) is 1. The number of nitrogens with zero attached hydrogens (tertiary/aromatic N) is 1. The summed E-state index contributed by atoms with van der Waals surface area (Å²) in [5.41, 5.74) is 0.772. The monoisotopic (exact) mass is 481 g/mol. The molecule has 9 nitrogen and oxygen atoms in total. The second-order valence-electron chi connectivity index (χ2n) is 8.49. The molecular formula is C23H35N3O6S. The van der Waals surface area contributed by atoms with E-state index in [0.717, 1.165) is 5.56 Å². The van der Waals surface area contributed by atoms with Crippen LogP contribution in [0.4, 0.5) is 4.79 Å². The lowest BCUT2D eigenvalue weighted by Gasteiger charge is -2.31. The molecule has 1 rings (SSSR count). The molecule has 2 N–H and O–H groups in total. The summed E-state index contributed by atoms with van der Waals surface area (Å²) < 4.78 is 10.1. The number of nitrogens with one attached hydrogen (secondary N) is 2. The normalized spacial score (nSPS) is 12.8. The van der Waals surface area contributed by atoms with Crippen molar-refractivity contribution < 1.29 is 28.7 Å². The van der Waals surface area contributed by atoms with Crippen LogP contribution >= 0.6 is 12.6 Å². The quantitative estimate of drug-likeness (QED) is 0.349. The number of hydrogen-bond donors (Lipinski definition) is 3. The molecule has 10 heteroatoms. The Bertz CT molecular complexity index is 840. The van der Waals surface area contributed by atoms with E-state index in [2.05, 4.69) is 23.3 Å². The molecule has 0 bridgehead atoms. The molecule has 0 aliphatic carbocycles. The Labute approximate surface area is 201 Å². The van der Waals surface area contributed by atoms with Crippen LogP contribution < -0.4 is 10.6 Å². The number of esters is 1. The molecule has 1 aromatic carbocycles. The highest BCUT2D eigenvalue weighted by atomic mass is 32.1. The molecule has 2 unspecified atom stereocenters. The predicted molar refractivity (Wildman–Crippen MR) is 128 cm³/mol. The lowest BCUT2D eigenvalue weighted by atomic mass is 10.0. The van der Waals surface area contributed by atoms with E-state index in [4.69, 9.17) is 9.47 Å². The Morgan fingerprint density at radius 3 is 2.39 bits per heavy atom. The summed E-state index contributed by atoms with van der Waals surface area (Å²) >= 11 is 4.19. The molecule has 0 heterocycles. The summed E-state index contributed by atoms with van der Waals surface area (Å²) in [6.45, 7) is 9.04. The third-order valence-electron chi connectivity index (χ3n) is 4.45. The van der Waals surface area contributed by atoms with E-state index in [1.54, 1.807) is 45.9 Å². The van der Waals surface area contributed by atoms with Crippen molar-refractivity contribution >= 4 is 36.5 Å². The minimum Gasteiger partial charge on any atom is -0.466 e. The summed E-state index contributed by atoms with van der Waals surface area (Å²) in [4.78, 5) is 51.3. The summed E-state index contributed by atoms with van der Waals surface area (Å²) in [5.74, 6) is -1.39. The summed E-state index contributed by atoms with van der Waals surface area (Å²) in [6.07, 6.45) is -0.744. The molecule has 0 fully saturated rings. The minimum absolute atomic E-state index is 0.00737. The number of rotatable bonds is 10. The van der Waals surface area contributed by atoms with Gasteiger partial charge in [0.2, 0.25) is 11.8 Å². The summed E-state index contributed by atoms with van der Waals surface area (Å²) in [5, 5.41) is 5.20. The lowest BCUT2D eigenvalue weighted by molar-refractivity contribution is -0.143. The van der Waals surface area contributed by atoms with E-state index < -0.39 is 41.6 Å². The van der Waals surface area contributed by atoms with Gasteiger partial charge in [0.15, 0.2) is 0 Å². The molecule has 0 radical (unpaired) electrons. The molecular weight excluding hydrogens is 446 g/mol. The Hall–Kier alpha value is -2.75. The molecule has 0 spiro atoms. The van der Waals surface area contributed by atoms with Crippen molar-refractivity contribution in [2.24, 2.45) is 0 Å². The molecule has 184 valence electrons. The molecule has 3 amide bonds. The van der Waals surface area contributed by atoms with Gasteiger partial charge in [-0.15, -0.1) is 0 Å². The second kappa shape index (κ2) is 13.1. The second-order valence-corrected chi connectivity index (χ2v) is 8.86. The number of ether oxygens (including phenoxy) is 2. The van der Waals surface area contributed by atoms with Gasteiger partial charge < -0.3 is 25.0 Å². The van der Waals surface area contributed by atoms with E-state index in [1.165, 1.54) is 11.9 Å². The number of aryl methyl sites for hydroxylation is 1. The maximum Gasteiger partial charge on any atom is 0.408 e. The number of hydrogen-bond acceptors (Lipinski definition) is 7. The minimum atomic E-state index is -1.01. The maximum atomic E-state index is 13.2. The molecule has 0 saturated carbocycles. The molecule has 33 heavy (non-hydrogen) atoms. The molecule has 0 aromatic heterocycles. The van der Waals surface area contributed by atoms with Crippen LogP contribution in [0, 0.1) is 6.92 Å². The van der Waals surface area contributed by atoms with Crippen molar-refractivity contribution in [1.82, 2.24) is 15.5 Å². The zero-order valence-electron chi connectivity index (χ0n) is 20.1. The van der Waals surface area contributed by atoms with Crippen molar-refractivity contribution in [1.29, 1.82) is 0 Å². The van der Waals surface area contributed by atoms with Crippen LogP contribution in [-0.2, 0) is 23.9 Å². The molecule has 1 aromatic rings. The number of benzene rings is 1. The van der Waals surface area contributed by atoms with Gasteiger partial charge in [0.05, 0.1) is 13.0 Å². The number of thiol groups is 1. The van der Waals surface area contributed by atoms with Gasteiger partial charge in [-0.3, -0.25) is 14.4 Å². The van der Waals surface area contributed by atoms with E-state index in [1.807, 2.05) is 13.0 Å². The number of carbonyl (C=O) groups excluding carboxylic acids is 4. The fraction of sp³-hybridized carbons (Fsp3) is 0.565. The van der Waals surface area contributed by atoms with Crippen LogP contribution in [0.5, 0.6) is 0 Å². The first-order valence-electron chi connectivity index (χ1n) is 10.8. The first kappa shape index (κ1) is 28.3. The van der Waals surface area contributed by atoms with Gasteiger partial charge >= 0.3 is 12.1 Å². The molecule has 2 atom stereocenters. The largest absolute Gasteiger partial charge is 0.466 e. The van der Waals surface area contributed by atoms with Crippen LogP contribution in [0.15, 0.2) is 24.3 Å². The maximum absolute atomic E-state index is 13.2. The van der Waals surface area contributed by atoms with Crippen molar-refractivity contribution in [3.63, 3.8) is 0 Å². The van der Waals surface area contributed by atoms with Gasteiger partial charge in [-0.2, -0.15) is 12.6 Å². The topological polar surface area (TPSA) is 114 Å². The van der Waals surface area contributed by atoms with E-state index >= 15 is 0 Å². The average molecular weight is 482 g/mol. The fourth-order valence-corrected chi connectivity index (χ4v) is 3.26. The van der Waals surface area contributed by atoms with Gasteiger partial charge in [0, 0.05) is 19.3 Å². The van der Waals surface area contributed by atoms with Crippen molar-refractivity contribution in [3.8, 4) is 0 Å². The predicted octanol–water partition coefficient (Wildman–Crippen LogP) is 2.39. The van der Waals surface area contributed by atoms with Crippen molar-refractivity contribution in [3.05, 3.63) is 35.4 Å². The van der Waals surface area contributed by atoms with Crippen LogP contribution in [0.3, 0.4) is 0 Å². The smallest absolute Gasteiger partial charge is 0.408 e. The summed E-state index contributed by atoms with van der Waals surface area (Å²) in [6, 6.07) is 5.22. The highest BCUT2D eigenvalue weighted by Gasteiger charge is 2.33. The first-order valence-corrected chi connectivity index (χ1v) is 11.4.